The van der Waals surface area contributed by atoms with Crippen LogP contribution in [0.25, 0.3) is 10.4 Å². The van der Waals surface area contributed by atoms with Crippen LogP contribution < -0.4 is 10.1 Å². The van der Waals surface area contributed by atoms with Crippen LogP contribution in [0, 0.1) is 0 Å². The summed E-state index contributed by atoms with van der Waals surface area (Å²) in [5.41, 5.74) is 8.97. The molecular weight excluding hydrogens is 340 g/mol. The van der Waals surface area contributed by atoms with Crippen LogP contribution in [0.5, 0.6) is 5.75 Å². The third-order valence-electron chi connectivity index (χ3n) is 3.79. The number of amides is 2. The van der Waals surface area contributed by atoms with Crippen LogP contribution >= 0.6 is 0 Å². The standard InChI is InChI=1S/C17H22N4O5/c18-21-19-7-8-24-9-10-25-11-12-26-14-3-1-13(2-4-14)15-5-6-16(22)20-17(15)23/h1-4,15H,5-12H2,(H,20,22,23). The molecule has 0 spiro atoms. The van der Waals surface area contributed by atoms with Gasteiger partial charge >= 0.3 is 0 Å². The Balaban J connectivity index is 1.60. The first-order valence-corrected chi connectivity index (χ1v) is 8.43. The van der Waals surface area contributed by atoms with Crippen molar-refractivity contribution < 1.29 is 23.8 Å². The molecule has 0 radical (unpaired) electrons. The fraction of sp³-hybridized carbons (Fsp3) is 0.529. The van der Waals surface area contributed by atoms with E-state index in [0.29, 0.717) is 58.2 Å². The van der Waals surface area contributed by atoms with Crippen LogP contribution in [0.2, 0.25) is 0 Å². The zero-order valence-electron chi connectivity index (χ0n) is 14.4. The number of nitrogens with zero attached hydrogens (tertiary/aromatic N) is 3. The Morgan fingerprint density at radius 1 is 1.08 bits per heavy atom. The van der Waals surface area contributed by atoms with Crippen molar-refractivity contribution in [2.75, 3.05) is 39.6 Å². The minimum Gasteiger partial charge on any atom is -0.491 e. The molecule has 1 atom stereocenters. The third-order valence-corrected chi connectivity index (χ3v) is 3.79. The first-order valence-electron chi connectivity index (χ1n) is 8.43. The average Bonchev–Trinajstić information content (AvgIpc) is 2.64. The Morgan fingerprint density at radius 2 is 1.77 bits per heavy atom. The van der Waals surface area contributed by atoms with E-state index in [-0.39, 0.29) is 17.7 Å². The Labute approximate surface area is 151 Å². The largest absolute Gasteiger partial charge is 0.491 e. The lowest BCUT2D eigenvalue weighted by Gasteiger charge is -2.21. The van der Waals surface area contributed by atoms with Crippen LogP contribution in [-0.4, -0.2) is 51.4 Å². The summed E-state index contributed by atoms with van der Waals surface area (Å²) in [6.07, 6.45) is 0.894. The van der Waals surface area contributed by atoms with Gasteiger partial charge in [0.1, 0.15) is 12.4 Å². The summed E-state index contributed by atoms with van der Waals surface area (Å²) in [4.78, 5) is 25.7. The Kier molecular flexibility index (Phi) is 8.41. The van der Waals surface area contributed by atoms with Crippen molar-refractivity contribution >= 4 is 11.8 Å². The van der Waals surface area contributed by atoms with Gasteiger partial charge in [0, 0.05) is 17.9 Å². The van der Waals surface area contributed by atoms with Gasteiger partial charge in [-0.05, 0) is 29.6 Å². The number of rotatable bonds is 11. The second-order valence-corrected chi connectivity index (χ2v) is 5.60. The summed E-state index contributed by atoms with van der Waals surface area (Å²) >= 11 is 0. The summed E-state index contributed by atoms with van der Waals surface area (Å²) < 4.78 is 16.1. The van der Waals surface area contributed by atoms with Crippen LogP contribution in [0.1, 0.15) is 24.3 Å². The maximum Gasteiger partial charge on any atom is 0.234 e. The van der Waals surface area contributed by atoms with Crippen LogP contribution in [0.4, 0.5) is 0 Å². The molecule has 9 heteroatoms. The van der Waals surface area contributed by atoms with Crippen molar-refractivity contribution in [3.8, 4) is 5.75 Å². The predicted octanol–water partition coefficient (Wildman–Crippen LogP) is 1.93. The van der Waals surface area contributed by atoms with Gasteiger partial charge in [0.25, 0.3) is 0 Å². The molecule has 1 aliphatic heterocycles. The highest BCUT2D eigenvalue weighted by atomic mass is 16.5. The molecule has 1 aromatic carbocycles. The highest BCUT2D eigenvalue weighted by Gasteiger charge is 2.27. The number of carbonyl (C=O) groups excluding carboxylic acids is 2. The minimum atomic E-state index is -0.288. The molecule has 9 nitrogen and oxygen atoms in total. The number of benzene rings is 1. The molecule has 1 heterocycles. The summed E-state index contributed by atoms with van der Waals surface area (Å²) in [5, 5.41) is 5.71. The van der Waals surface area contributed by atoms with Crippen molar-refractivity contribution in [3.63, 3.8) is 0 Å². The quantitative estimate of drug-likeness (QED) is 0.212. The smallest absolute Gasteiger partial charge is 0.234 e. The van der Waals surface area contributed by atoms with Crippen molar-refractivity contribution in [2.24, 2.45) is 5.11 Å². The van der Waals surface area contributed by atoms with E-state index in [1.807, 2.05) is 12.1 Å². The molecule has 2 amide bonds. The summed E-state index contributed by atoms with van der Waals surface area (Å²) in [6, 6.07) is 7.29. The van der Waals surface area contributed by atoms with Gasteiger partial charge in [0.2, 0.25) is 11.8 Å². The summed E-state index contributed by atoms with van der Waals surface area (Å²) in [5.74, 6) is -0.0589. The van der Waals surface area contributed by atoms with Crippen LogP contribution in [0.3, 0.4) is 0 Å². The second kappa shape index (κ2) is 11.1. The van der Waals surface area contributed by atoms with Crippen LogP contribution in [-0.2, 0) is 19.1 Å². The molecule has 0 aromatic heterocycles. The number of ether oxygens (including phenoxy) is 3. The van der Waals surface area contributed by atoms with E-state index < -0.39 is 0 Å². The van der Waals surface area contributed by atoms with Gasteiger partial charge in [-0.1, -0.05) is 17.2 Å². The van der Waals surface area contributed by atoms with Gasteiger partial charge in [-0.2, -0.15) is 0 Å². The van der Waals surface area contributed by atoms with Crippen LogP contribution in [0.15, 0.2) is 29.4 Å². The zero-order valence-corrected chi connectivity index (χ0v) is 14.4. The molecule has 0 saturated carbocycles. The Morgan fingerprint density at radius 3 is 2.46 bits per heavy atom. The maximum absolute atomic E-state index is 11.8. The number of imide groups is 1. The fourth-order valence-electron chi connectivity index (χ4n) is 2.50. The third kappa shape index (κ3) is 6.72. The van der Waals surface area contributed by atoms with Gasteiger partial charge in [-0.25, -0.2) is 0 Å². The maximum atomic E-state index is 11.8. The topological polar surface area (TPSA) is 123 Å². The number of azide groups is 1. The van der Waals surface area contributed by atoms with E-state index in [0.717, 1.165) is 5.56 Å². The predicted molar refractivity (Wildman–Crippen MR) is 92.7 cm³/mol. The highest BCUT2D eigenvalue weighted by molar-refractivity contribution is 6.00. The lowest BCUT2D eigenvalue weighted by molar-refractivity contribution is -0.134. The molecule has 1 unspecified atom stereocenters. The van der Waals surface area contributed by atoms with E-state index >= 15 is 0 Å². The molecule has 140 valence electrons. The van der Waals surface area contributed by atoms with Gasteiger partial charge in [0.05, 0.1) is 32.3 Å². The zero-order chi connectivity index (χ0) is 18.6. The minimum absolute atomic E-state index is 0.215. The highest BCUT2D eigenvalue weighted by Crippen LogP contribution is 2.26. The van der Waals surface area contributed by atoms with Crippen molar-refractivity contribution in [3.05, 3.63) is 40.3 Å². The van der Waals surface area contributed by atoms with Gasteiger partial charge in [-0.15, -0.1) is 0 Å². The van der Waals surface area contributed by atoms with E-state index in [2.05, 4.69) is 15.3 Å². The summed E-state index contributed by atoms with van der Waals surface area (Å²) in [6.45, 7) is 2.39. The molecule has 1 saturated heterocycles. The van der Waals surface area contributed by atoms with E-state index in [4.69, 9.17) is 19.7 Å². The van der Waals surface area contributed by atoms with E-state index in [9.17, 15) is 9.59 Å². The van der Waals surface area contributed by atoms with Gasteiger partial charge in [0.15, 0.2) is 0 Å². The molecule has 1 aliphatic rings. The molecule has 0 bridgehead atoms. The molecule has 0 aliphatic carbocycles. The number of hydrogen-bond acceptors (Lipinski definition) is 6. The van der Waals surface area contributed by atoms with Gasteiger partial charge in [-0.3, -0.25) is 14.9 Å². The normalized spacial score (nSPS) is 16.7. The van der Waals surface area contributed by atoms with Crippen molar-refractivity contribution in [1.82, 2.24) is 5.32 Å². The number of piperidine rings is 1. The number of nitrogens with one attached hydrogen (secondary N) is 1. The molecule has 1 aromatic rings. The van der Waals surface area contributed by atoms with E-state index in [1.165, 1.54) is 0 Å². The average molecular weight is 362 g/mol. The van der Waals surface area contributed by atoms with Crippen molar-refractivity contribution in [2.45, 2.75) is 18.8 Å². The number of hydrogen-bond donors (Lipinski definition) is 1. The molecule has 2 rings (SSSR count). The molecule has 1 fully saturated rings. The molecular formula is C17H22N4O5. The Bertz CT molecular complexity index is 643. The SMILES string of the molecule is [N-]=[N+]=NCCOCCOCCOc1ccc(C2CCC(=O)NC2=O)cc1. The Hall–Kier alpha value is -2.61. The first kappa shape index (κ1) is 19.7. The second-order valence-electron chi connectivity index (χ2n) is 5.60. The lowest BCUT2D eigenvalue weighted by atomic mass is 9.90. The molecule has 1 N–H and O–H groups in total. The number of carbonyl (C=O) groups is 2. The fourth-order valence-corrected chi connectivity index (χ4v) is 2.50. The summed E-state index contributed by atoms with van der Waals surface area (Å²) in [7, 11) is 0. The first-order chi connectivity index (χ1) is 12.7. The van der Waals surface area contributed by atoms with Crippen molar-refractivity contribution in [1.29, 1.82) is 0 Å². The monoisotopic (exact) mass is 362 g/mol. The lowest BCUT2D eigenvalue weighted by Crippen LogP contribution is -2.39. The van der Waals surface area contributed by atoms with Gasteiger partial charge < -0.3 is 14.2 Å². The molecule has 26 heavy (non-hydrogen) atoms. The van der Waals surface area contributed by atoms with E-state index in [1.54, 1.807) is 12.1 Å².